The van der Waals surface area contributed by atoms with Gasteiger partial charge in [0.25, 0.3) is 0 Å². The van der Waals surface area contributed by atoms with Crippen molar-refractivity contribution in [3.05, 3.63) is 24.2 Å². The van der Waals surface area contributed by atoms with Gasteiger partial charge in [0.2, 0.25) is 0 Å². The third-order valence-corrected chi connectivity index (χ3v) is 6.03. The molecule has 0 aromatic carbocycles. The van der Waals surface area contributed by atoms with Crippen LogP contribution in [-0.4, -0.2) is 45.3 Å². The number of likely N-dealkylation sites (N-methyl/N-ethyl adjacent to an activating group) is 1. The fourth-order valence-corrected chi connectivity index (χ4v) is 4.93. The summed E-state index contributed by atoms with van der Waals surface area (Å²) < 4.78 is 2.47. The van der Waals surface area contributed by atoms with E-state index < -0.39 is 0 Å². The maximum Gasteiger partial charge on any atom is 0.160 e. The van der Waals surface area contributed by atoms with Gasteiger partial charge in [-0.25, -0.2) is 9.97 Å². The van der Waals surface area contributed by atoms with Gasteiger partial charge in [0.1, 0.15) is 11.3 Å². The lowest BCUT2D eigenvalue weighted by molar-refractivity contribution is 0.212. The molecule has 4 nitrogen and oxygen atoms in total. The standard InChI is InChI=1S/C16H22N4S/c1-19-9-3-5-12(11-19)20-15-13(6-2-8-17-15)18-16(20)14-7-4-10-21-14/h2,6,8,12,14H,3-5,7,9-11H2,1H3. The van der Waals surface area contributed by atoms with Crippen LogP contribution in [0.4, 0.5) is 0 Å². The van der Waals surface area contributed by atoms with E-state index >= 15 is 0 Å². The second-order valence-electron chi connectivity index (χ2n) is 6.25. The van der Waals surface area contributed by atoms with Crippen molar-refractivity contribution < 1.29 is 0 Å². The van der Waals surface area contributed by atoms with E-state index in [4.69, 9.17) is 4.98 Å². The van der Waals surface area contributed by atoms with Crippen molar-refractivity contribution in [3.63, 3.8) is 0 Å². The van der Waals surface area contributed by atoms with E-state index in [2.05, 4.69) is 39.3 Å². The molecule has 4 rings (SSSR count). The maximum absolute atomic E-state index is 4.96. The highest BCUT2D eigenvalue weighted by molar-refractivity contribution is 7.99. The van der Waals surface area contributed by atoms with Gasteiger partial charge in [-0.15, -0.1) is 0 Å². The number of likely N-dealkylation sites (tertiary alicyclic amines) is 1. The van der Waals surface area contributed by atoms with Gasteiger partial charge < -0.3 is 9.47 Å². The van der Waals surface area contributed by atoms with Gasteiger partial charge in [0, 0.05) is 18.8 Å². The van der Waals surface area contributed by atoms with Crippen LogP contribution in [0.25, 0.3) is 11.2 Å². The minimum atomic E-state index is 0.528. The number of pyridine rings is 1. The van der Waals surface area contributed by atoms with Gasteiger partial charge in [0.15, 0.2) is 5.65 Å². The average molecular weight is 302 g/mol. The van der Waals surface area contributed by atoms with Crippen molar-refractivity contribution in [2.24, 2.45) is 0 Å². The van der Waals surface area contributed by atoms with Crippen molar-refractivity contribution in [1.29, 1.82) is 0 Å². The average Bonchev–Trinajstić information content (AvgIpc) is 3.14. The Balaban J connectivity index is 1.81. The van der Waals surface area contributed by atoms with Crippen LogP contribution in [0.1, 0.15) is 42.8 Å². The molecule has 2 saturated heterocycles. The summed E-state index contributed by atoms with van der Waals surface area (Å²) in [6, 6.07) is 4.63. The molecule has 0 saturated carbocycles. The lowest BCUT2D eigenvalue weighted by Gasteiger charge is -2.32. The highest BCUT2D eigenvalue weighted by Crippen LogP contribution is 2.41. The van der Waals surface area contributed by atoms with Gasteiger partial charge in [-0.3, -0.25) is 0 Å². The Bertz CT molecular complexity index is 632. The van der Waals surface area contributed by atoms with Gasteiger partial charge in [-0.2, -0.15) is 11.8 Å². The number of hydrogen-bond acceptors (Lipinski definition) is 4. The number of hydrogen-bond donors (Lipinski definition) is 0. The molecule has 0 spiro atoms. The number of nitrogens with zero attached hydrogens (tertiary/aromatic N) is 4. The van der Waals surface area contributed by atoms with Crippen molar-refractivity contribution in [1.82, 2.24) is 19.4 Å². The molecule has 2 aromatic rings. The predicted octanol–water partition coefficient (Wildman–Crippen LogP) is 3.27. The molecule has 0 amide bonds. The van der Waals surface area contributed by atoms with Crippen LogP contribution >= 0.6 is 11.8 Å². The first-order valence-electron chi connectivity index (χ1n) is 7.96. The second-order valence-corrected chi connectivity index (χ2v) is 7.56. The van der Waals surface area contributed by atoms with Gasteiger partial charge >= 0.3 is 0 Å². The Morgan fingerprint density at radius 1 is 1.29 bits per heavy atom. The first-order valence-corrected chi connectivity index (χ1v) is 9.01. The zero-order valence-corrected chi connectivity index (χ0v) is 13.4. The molecular formula is C16H22N4S. The molecule has 2 aliphatic rings. The highest BCUT2D eigenvalue weighted by atomic mass is 32.2. The molecule has 0 N–H and O–H groups in total. The summed E-state index contributed by atoms with van der Waals surface area (Å²) in [6.45, 7) is 2.33. The maximum atomic E-state index is 4.96. The first kappa shape index (κ1) is 13.6. The SMILES string of the molecule is CN1CCCC(n2c(C3CCCS3)nc3cccnc32)C1. The number of thioether (sulfide) groups is 1. The summed E-state index contributed by atoms with van der Waals surface area (Å²) >= 11 is 2.06. The van der Waals surface area contributed by atoms with E-state index in [1.807, 2.05) is 12.3 Å². The van der Waals surface area contributed by atoms with Gasteiger partial charge in [-0.1, -0.05) is 0 Å². The largest absolute Gasteiger partial charge is 0.307 e. The second kappa shape index (κ2) is 5.61. The Morgan fingerprint density at radius 3 is 3.05 bits per heavy atom. The molecule has 2 aliphatic heterocycles. The zero-order chi connectivity index (χ0) is 14.2. The zero-order valence-electron chi connectivity index (χ0n) is 12.5. The summed E-state index contributed by atoms with van der Waals surface area (Å²) in [7, 11) is 2.22. The van der Waals surface area contributed by atoms with Crippen molar-refractivity contribution in [2.45, 2.75) is 37.0 Å². The van der Waals surface area contributed by atoms with Crippen LogP contribution in [-0.2, 0) is 0 Å². The quantitative estimate of drug-likeness (QED) is 0.852. The molecular weight excluding hydrogens is 280 g/mol. The van der Waals surface area contributed by atoms with Crippen LogP contribution in [0.5, 0.6) is 0 Å². The van der Waals surface area contributed by atoms with Crippen molar-refractivity contribution in [3.8, 4) is 0 Å². The molecule has 112 valence electrons. The highest BCUT2D eigenvalue weighted by Gasteiger charge is 2.29. The molecule has 2 atom stereocenters. The molecule has 0 radical (unpaired) electrons. The summed E-state index contributed by atoms with van der Waals surface area (Å²) in [6.07, 6.45) is 6.99. The number of aromatic nitrogens is 3. The van der Waals surface area contributed by atoms with E-state index in [1.54, 1.807) is 0 Å². The lowest BCUT2D eigenvalue weighted by Crippen LogP contribution is -2.34. The van der Waals surface area contributed by atoms with E-state index in [0.29, 0.717) is 11.3 Å². The van der Waals surface area contributed by atoms with E-state index in [1.165, 1.54) is 43.8 Å². The molecule has 0 aliphatic carbocycles. The van der Waals surface area contributed by atoms with Crippen LogP contribution in [0.2, 0.25) is 0 Å². The van der Waals surface area contributed by atoms with Gasteiger partial charge in [0.05, 0.1) is 5.25 Å². The van der Waals surface area contributed by atoms with Crippen LogP contribution in [0.3, 0.4) is 0 Å². The molecule has 5 heteroatoms. The first-order chi connectivity index (χ1) is 10.3. The molecule has 21 heavy (non-hydrogen) atoms. The third-order valence-electron chi connectivity index (χ3n) is 4.66. The number of imidazole rings is 1. The summed E-state index contributed by atoms with van der Waals surface area (Å²) in [5, 5.41) is 0.562. The molecule has 4 heterocycles. The fraction of sp³-hybridized carbons (Fsp3) is 0.625. The Morgan fingerprint density at radius 2 is 2.24 bits per heavy atom. The number of rotatable bonds is 2. The normalized spacial score (nSPS) is 27.5. The van der Waals surface area contributed by atoms with E-state index in [9.17, 15) is 0 Å². The Kier molecular flexibility index (Phi) is 3.63. The number of fused-ring (bicyclic) bond motifs is 1. The topological polar surface area (TPSA) is 34.0 Å². The summed E-state index contributed by atoms with van der Waals surface area (Å²) in [4.78, 5) is 12.0. The minimum absolute atomic E-state index is 0.528. The Labute approximate surface area is 129 Å². The monoisotopic (exact) mass is 302 g/mol. The fourth-order valence-electron chi connectivity index (χ4n) is 3.67. The van der Waals surface area contributed by atoms with E-state index in [-0.39, 0.29) is 0 Å². The van der Waals surface area contributed by atoms with Crippen molar-refractivity contribution >= 4 is 22.9 Å². The third kappa shape index (κ3) is 2.46. The van der Waals surface area contributed by atoms with Gasteiger partial charge in [-0.05, 0) is 57.2 Å². The van der Waals surface area contributed by atoms with E-state index in [0.717, 1.165) is 17.7 Å². The lowest BCUT2D eigenvalue weighted by atomic mass is 10.1. The Hall–Kier alpha value is -1.07. The molecule has 2 aromatic heterocycles. The van der Waals surface area contributed by atoms with Crippen LogP contribution in [0, 0.1) is 0 Å². The smallest absolute Gasteiger partial charge is 0.160 e. The summed E-state index contributed by atoms with van der Waals surface area (Å²) in [5.41, 5.74) is 2.15. The van der Waals surface area contributed by atoms with Crippen molar-refractivity contribution in [2.75, 3.05) is 25.9 Å². The molecule has 2 fully saturated rings. The van der Waals surface area contributed by atoms with Crippen LogP contribution < -0.4 is 0 Å². The minimum Gasteiger partial charge on any atom is -0.307 e. The predicted molar refractivity (Wildman–Crippen MR) is 87.7 cm³/mol. The molecule has 2 unspecified atom stereocenters. The summed E-state index contributed by atoms with van der Waals surface area (Å²) in [5.74, 6) is 2.54. The number of piperidine rings is 1. The van der Waals surface area contributed by atoms with Crippen LogP contribution in [0.15, 0.2) is 18.3 Å². The molecule has 0 bridgehead atoms.